The normalized spacial score (nSPS) is 14.8. The highest BCUT2D eigenvalue weighted by Crippen LogP contribution is 2.26. The molecule has 6 nitrogen and oxygen atoms in total. The van der Waals surface area contributed by atoms with Crippen LogP contribution in [0.4, 0.5) is 4.39 Å². The highest BCUT2D eigenvalue weighted by molar-refractivity contribution is 7.13. The van der Waals surface area contributed by atoms with Crippen molar-refractivity contribution in [2.75, 3.05) is 39.4 Å². The predicted octanol–water partition coefficient (Wildman–Crippen LogP) is 3.19. The molecule has 0 unspecified atom stereocenters. The Morgan fingerprint density at radius 1 is 1.21 bits per heavy atom. The minimum absolute atomic E-state index is 0.188. The third kappa shape index (κ3) is 4.90. The van der Waals surface area contributed by atoms with Crippen molar-refractivity contribution < 1.29 is 13.9 Å². The first-order valence-electron chi connectivity index (χ1n) is 9.69. The molecule has 8 heteroatoms. The number of thiophene rings is 1. The van der Waals surface area contributed by atoms with Crippen LogP contribution in [0.25, 0.3) is 16.3 Å². The van der Waals surface area contributed by atoms with E-state index >= 15 is 0 Å². The fourth-order valence-corrected chi connectivity index (χ4v) is 3.97. The molecule has 1 saturated heterocycles. The van der Waals surface area contributed by atoms with Gasteiger partial charge in [-0.15, -0.1) is 11.3 Å². The fourth-order valence-electron chi connectivity index (χ4n) is 3.29. The van der Waals surface area contributed by atoms with Gasteiger partial charge in [-0.05, 0) is 54.7 Å². The highest BCUT2D eigenvalue weighted by Gasteiger charge is 2.18. The maximum atomic E-state index is 13.3. The van der Waals surface area contributed by atoms with Crippen LogP contribution < -0.4 is 5.32 Å². The highest BCUT2D eigenvalue weighted by atomic mass is 32.1. The van der Waals surface area contributed by atoms with Crippen LogP contribution in [0.2, 0.25) is 0 Å². The summed E-state index contributed by atoms with van der Waals surface area (Å²) in [7, 11) is 0. The Morgan fingerprint density at radius 2 is 2.00 bits per heavy atom. The molecule has 0 radical (unpaired) electrons. The first-order valence-corrected chi connectivity index (χ1v) is 10.6. The van der Waals surface area contributed by atoms with Crippen molar-refractivity contribution in [1.82, 2.24) is 20.0 Å². The van der Waals surface area contributed by atoms with Crippen molar-refractivity contribution in [3.05, 3.63) is 59.4 Å². The lowest BCUT2D eigenvalue weighted by Gasteiger charge is -2.26. The second-order valence-corrected chi connectivity index (χ2v) is 7.79. The summed E-state index contributed by atoms with van der Waals surface area (Å²) in [5.74, 6) is -0.514. The smallest absolute Gasteiger partial charge is 0.270 e. The second kappa shape index (κ2) is 9.30. The van der Waals surface area contributed by atoms with Gasteiger partial charge in [0, 0.05) is 19.6 Å². The van der Waals surface area contributed by atoms with Gasteiger partial charge < -0.3 is 10.1 Å². The van der Waals surface area contributed by atoms with Gasteiger partial charge in [0.1, 0.15) is 17.2 Å². The average Bonchev–Trinajstić information content (AvgIpc) is 3.42. The van der Waals surface area contributed by atoms with E-state index in [1.807, 2.05) is 17.5 Å². The number of morpholine rings is 1. The summed E-state index contributed by atoms with van der Waals surface area (Å²) in [6.45, 7) is 4.94. The molecular formula is C21H23FN4O2S. The molecule has 3 aromatic rings. The maximum Gasteiger partial charge on any atom is 0.270 e. The Bertz CT molecular complexity index is 934. The molecule has 152 valence electrons. The van der Waals surface area contributed by atoms with Crippen LogP contribution in [0.15, 0.2) is 47.8 Å². The lowest BCUT2D eigenvalue weighted by molar-refractivity contribution is 0.0374. The third-order valence-electron chi connectivity index (χ3n) is 4.83. The van der Waals surface area contributed by atoms with Gasteiger partial charge in [-0.25, -0.2) is 9.07 Å². The van der Waals surface area contributed by atoms with E-state index in [2.05, 4.69) is 15.3 Å². The minimum Gasteiger partial charge on any atom is -0.379 e. The topological polar surface area (TPSA) is 59.4 Å². The van der Waals surface area contributed by atoms with Crippen LogP contribution in [-0.4, -0.2) is 60.0 Å². The van der Waals surface area contributed by atoms with Crippen molar-refractivity contribution in [3.8, 4) is 16.3 Å². The van der Waals surface area contributed by atoms with Gasteiger partial charge >= 0.3 is 0 Å². The molecule has 2 aromatic heterocycles. The predicted molar refractivity (Wildman–Crippen MR) is 111 cm³/mol. The minimum atomic E-state index is -0.325. The molecule has 29 heavy (non-hydrogen) atoms. The number of carbonyl (C=O) groups excluding carboxylic acids is 1. The SMILES string of the molecule is O=C(NCCCN1CCOCC1)c1cc(-c2cccs2)nn1-c1ccc(F)cc1. The average molecular weight is 415 g/mol. The zero-order chi connectivity index (χ0) is 20.1. The summed E-state index contributed by atoms with van der Waals surface area (Å²) >= 11 is 1.56. The number of hydrogen-bond acceptors (Lipinski definition) is 5. The second-order valence-electron chi connectivity index (χ2n) is 6.84. The number of nitrogens with one attached hydrogen (secondary N) is 1. The monoisotopic (exact) mass is 414 g/mol. The third-order valence-corrected chi connectivity index (χ3v) is 5.72. The van der Waals surface area contributed by atoms with E-state index < -0.39 is 0 Å². The first-order chi connectivity index (χ1) is 14.2. The quantitative estimate of drug-likeness (QED) is 0.604. The largest absolute Gasteiger partial charge is 0.379 e. The molecule has 1 aliphatic rings. The Balaban J connectivity index is 1.47. The van der Waals surface area contributed by atoms with E-state index in [0.717, 1.165) is 49.8 Å². The maximum absolute atomic E-state index is 13.3. The zero-order valence-electron chi connectivity index (χ0n) is 16.0. The number of benzene rings is 1. The summed E-state index contributed by atoms with van der Waals surface area (Å²) in [4.78, 5) is 16.2. The summed E-state index contributed by atoms with van der Waals surface area (Å²) in [5.41, 5.74) is 1.81. The van der Waals surface area contributed by atoms with Crippen molar-refractivity contribution in [3.63, 3.8) is 0 Å². The number of aromatic nitrogens is 2. The van der Waals surface area contributed by atoms with Crippen LogP contribution in [0.5, 0.6) is 0 Å². The van der Waals surface area contributed by atoms with Crippen molar-refractivity contribution >= 4 is 17.2 Å². The standard InChI is InChI=1S/C21H23FN4O2S/c22-16-4-6-17(7-5-16)26-19(15-18(24-26)20-3-1-14-29-20)21(27)23-8-2-9-25-10-12-28-13-11-25/h1,3-7,14-15H,2,8-13H2,(H,23,27). The van der Waals surface area contributed by atoms with Crippen LogP contribution in [0, 0.1) is 5.82 Å². The van der Waals surface area contributed by atoms with Crippen molar-refractivity contribution in [1.29, 1.82) is 0 Å². The van der Waals surface area contributed by atoms with Crippen LogP contribution in [-0.2, 0) is 4.74 Å². The Kier molecular flexibility index (Phi) is 6.33. The fraction of sp³-hybridized carbons (Fsp3) is 0.333. The van der Waals surface area contributed by atoms with E-state index in [1.54, 1.807) is 34.2 Å². The lowest BCUT2D eigenvalue weighted by Crippen LogP contribution is -2.38. The van der Waals surface area contributed by atoms with E-state index in [0.29, 0.717) is 17.9 Å². The molecule has 3 heterocycles. The van der Waals surface area contributed by atoms with Crippen LogP contribution >= 0.6 is 11.3 Å². The molecule has 1 amide bonds. The van der Waals surface area contributed by atoms with Gasteiger partial charge in [-0.3, -0.25) is 9.69 Å². The molecule has 1 aliphatic heterocycles. The zero-order valence-corrected chi connectivity index (χ0v) is 16.8. The number of rotatable bonds is 7. The molecule has 0 spiro atoms. The van der Waals surface area contributed by atoms with Gasteiger partial charge in [-0.1, -0.05) is 6.07 Å². The lowest BCUT2D eigenvalue weighted by atomic mass is 10.2. The number of halogens is 1. The van der Waals surface area contributed by atoms with E-state index in [4.69, 9.17) is 4.74 Å². The van der Waals surface area contributed by atoms with E-state index in [1.165, 1.54) is 12.1 Å². The Morgan fingerprint density at radius 3 is 2.72 bits per heavy atom. The number of nitrogens with zero attached hydrogens (tertiary/aromatic N) is 3. The number of carbonyl (C=O) groups is 1. The summed E-state index contributed by atoms with van der Waals surface area (Å²) in [6, 6.07) is 11.7. The molecule has 0 bridgehead atoms. The number of amides is 1. The molecule has 1 fully saturated rings. The summed E-state index contributed by atoms with van der Waals surface area (Å²) in [5, 5.41) is 9.56. The Labute approximate surface area is 172 Å². The molecule has 0 saturated carbocycles. The first kappa shape index (κ1) is 19.8. The summed E-state index contributed by atoms with van der Waals surface area (Å²) in [6.07, 6.45) is 0.869. The molecule has 4 rings (SSSR count). The molecule has 0 atom stereocenters. The van der Waals surface area contributed by atoms with Gasteiger partial charge in [-0.2, -0.15) is 5.10 Å². The molecule has 1 aromatic carbocycles. The Hall–Kier alpha value is -2.55. The molecular weight excluding hydrogens is 391 g/mol. The van der Waals surface area contributed by atoms with Gasteiger partial charge in [0.25, 0.3) is 5.91 Å². The number of hydrogen-bond donors (Lipinski definition) is 1. The van der Waals surface area contributed by atoms with Crippen LogP contribution in [0.3, 0.4) is 0 Å². The number of ether oxygens (including phenoxy) is 1. The molecule has 1 N–H and O–H groups in total. The van der Waals surface area contributed by atoms with E-state index in [9.17, 15) is 9.18 Å². The van der Waals surface area contributed by atoms with Gasteiger partial charge in [0.15, 0.2) is 0 Å². The summed E-state index contributed by atoms with van der Waals surface area (Å²) < 4.78 is 20.3. The molecule has 0 aliphatic carbocycles. The van der Waals surface area contributed by atoms with Gasteiger partial charge in [0.2, 0.25) is 0 Å². The van der Waals surface area contributed by atoms with Gasteiger partial charge in [0.05, 0.1) is 23.8 Å². The van der Waals surface area contributed by atoms with Crippen LogP contribution in [0.1, 0.15) is 16.9 Å². The van der Waals surface area contributed by atoms with Crippen molar-refractivity contribution in [2.24, 2.45) is 0 Å². The van der Waals surface area contributed by atoms with E-state index in [-0.39, 0.29) is 11.7 Å². The van der Waals surface area contributed by atoms with Crippen molar-refractivity contribution in [2.45, 2.75) is 6.42 Å².